The molecule has 0 N–H and O–H groups in total. The Bertz CT molecular complexity index is 520. The third-order valence-corrected chi connectivity index (χ3v) is 5.65. The van der Waals surface area contributed by atoms with E-state index in [-0.39, 0.29) is 0 Å². The summed E-state index contributed by atoms with van der Waals surface area (Å²) in [4.78, 5) is 0. The average molecular weight is 261 g/mol. The number of hydrogen-bond donors (Lipinski definition) is 0. The maximum Gasteiger partial charge on any atom is 0.0882 e. The highest BCUT2D eigenvalue weighted by Gasteiger charge is 2.05. The SMILES string of the molecule is Cc1ccc(C)c([SiH2]c2ccccc2CCl)c1. The van der Waals surface area contributed by atoms with E-state index in [1.165, 1.54) is 27.1 Å². The molecule has 88 valence electrons. The van der Waals surface area contributed by atoms with E-state index in [4.69, 9.17) is 11.6 Å². The standard InChI is InChI=1S/C15H17ClSi/c1-11-7-8-12(2)15(9-11)17-14-6-4-3-5-13(14)10-16/h3-9H,10,17H2,1-2H3. The second kappa shape index (κ2) is 5.52. The van der Waals surface area contributed by atoms with Crippen molar-refractivity contribution in [3.05, 3.63) is 59.2 Å². The summed E-state index contributed by atoms with van der Waals surface area (Å²) in [5.74, 6) is 0.619. The molecule has 2 aromatic carbocycles. The van der Waals surface area contributed by atoms with Gasteiger partial charge in [0.1, 0.15) is 0 Å². The van der Waals surface area contributed by atoms with Crippen LogP contribution in [0.1, 0.15) is 16.7 Å². The highest BCUT2D eigenvalue weighted by Crippen LogP contribution is 2.02. The van der Waals surface area contributed by atoms with Gasteiger partial charge >= 0.3 is 0 Å². The number of rotatable bonds is 3. The zero-order valence-corrected chi connectivity index (χ0v) is 12.5. The summed E-state index contributed by atoms with van der Waals surface area (Å²) < 4.78 is 0. The monoisotopic (exact) mass is 260 g/mol. The molecule has 0 bridgehead atoms. The maximum absolute atomic E-state index is 5.99. The van der Waals surface area contributed by atoms with Gasteiger partial charge in [0.15, 0.2) is 0 Å². The summed E-state index contributed by atoms with van der Waals surface area (Å²) in [5.41, 5.74) is 4.05. The number of halogens is 1. The first kappa shape index (κ1) is 12.4. The van der Waals surface area contributed by atoms with Crippen LogP contribution in [0.25, 0.3) is 0 Å². The first-order valence-corrected chi connectivity index (χ1v) is 7.84. The number of hydrogen-bond acceptors (Lipinski definition) is 0. The van der Waals surface area contributed by atoms with Crippen molar-refractivity contribution < 1.29 is 0 Å². The summed E-state index contributed by atoms with van der Waals surface area (Å²) in [5, 5.41) is 3.00. The van der Waals surface area contributed by atoms with Crippen LogP contribution in [0.15, 0.2) is 42.5 Å². The Labute approximate surface area is 110 Å². The van der Waals surface area contributed by atoms with Crippen molar-refractivity contribution >= 4 is 31.5 Å². The van der Waals surface area contributed by atoms with Crippen LogP contribution in [-0.2, 0) is 5.88 Å². The highest BCUT2D eigenvalue weighted by atomic mass is 35.5. The molecule has 2 aromatic rings. The summed E-state index contributed by atoms with van der Waals surface area (Å²) >= 11 is 5.99. The number of aryl methyl sites for hydroxylation is 2. The Morgan fingerprint density at radius 1 is 1.00 bits per heavy atom. The molecule has 0 aromatic heterocycles. The van der Waals surface area contributed by atoms with Gasteiger partial charge in [0.25, 0.3) is 0 Å². The Hall–Kier alpha value is -1.05. The molecule has 2 rings (SSSR count). The molecule has 2 heteroatoms. The van der Waals surface area contributed by atoms with Crippen molar-refractivity contribution in [3.63, 3.8) is 0 Å². The fourth-order valence-electron chi connectivity index (χ4n) is 2.06. The van der Waals surface area contributed by atoms with Crippen LogP contribution >= 0.6 is 11.6 Å². The predicted octanol–water partition coefficient (Wildman–Crippen LogP) is 2.16. The molecule has 0 radical (unpaired) electrons. The number of benzene rings is 2. The van der Waals surface area contributed by atoms with Gasteiger partial charge in [-0.05, 0) is 19.4 Å². The van der Waals surface area contributed by atoms with Gasteiger partial charge in [-0.1, -0.05) is 64.0 Å². The van der Waals surface area contributed by atoms with E-state index in [1.54, 1.807) is 0 Å². The van der Waals surface area contributed by atoms with E-state index in [0.29, 0.717) is 5.88 Å². The van der Waals surface area contributed by atoms with E-state index in [2.05, 4.69) is 56.3 Å². The van der Waals surface area contributed by atoms with Gasteiger partial charge in [-0.3, -0.25) is 0 Å². The molecule has 0 nitrogen and oxygen atoms in total. The molecule has 0 atom stereocenters. The summed E-state index contributed by atoms with van der Waals surface area (Å²) in [6.07, 6.45) is 0. The Balaban J connectivity index is 2.34. The van der Waals surface area contributed by atoms with Gasteiger partial charge in [0, 0.05) is 5.88 Å². The third-order valence-electron chi connectivity index (χ3n) is 3.15. The van der Waals surface area contributed by atoms with Crippen molar-refractivity contribution in [2.45, 2.75) is 19.7 Å². The van der Waals surface area contributed by atoms with Gasteiger partial charge in [-0.25, -0.2) is 0 Å². The largest absolute Gasteiger partial charge is 0.122 e. The highest BCUT2D eigenvalue weighted by molar-refractivity contribution is 6.68. The van der Waals surface area contributed by atoms with Gasteiger partial charge in [-0.15, -0.1) is 11.6 Å². The zero-order chi connectivity index (χ0) is 12.3. The number of alkyl halides is 1. The molecule has 17 heavy (non-hydrogen) atoms. The average Bonchev–Trinajstić information content (AvgIpc) is 2.34. The lowest BCUT2D eigenvalue weighted by molar-refractivity contribution is 1.42. The van der Waals surface area contributed by atoms with E-state index in [1.807, 2.05) is 0 Å². The first-order chi connectivity index (χ1) is 8.20. The molecule has 0 heterocycles. The molecule has 0 saturated carbocycles. The third kappa shape index (κ3) is 2.99. The minimum atomic E-state index is -0.409. The van der Waals surface area contributed by atoms with Gasteiger partial charge in [0.05, 0.1) is 9.52 Å². The molecule has 0 fully saturated rings. The van der Waals surface area contributed by atoms with E-state index in [9.17, 15) is 0 Å². The van der Waals surface area contributed by atoms with Crippen LogP contribution in [0.5, 0.6) is 0 Å². The second-order valence-electron chi connectivity index (χ2n) is 4.51. The summed E-state index contributed by atoms with van der Waals surface area (Å²) in [6, 6.07) is 15.3. The topological polar surface area (TPSA) is 0 Å². The van der Waals surface area contributed by atoms with Crippen LogP contribution in [0.2, 0.25) is 0 Å². The fraction of sp³-hybridized carbons (Fsp3) is 0.200. The van der Waals surface area contributed by atoms with Crippen LogP contribution in [-0.4, -0.2) is 9.52 Å². The molecular formula is C15H17ClSi. The molecule has 0 aliphatic carbocycles. The predicted molar refractivity (Wildman–Crippen MR) is 79.7 cm³/mol. The minimum absolute atomic E-state index is 0.409. The molecule has 0 unspecified atom stereocenters. The Morgan fingerprint density at radius 2 is 1.76 bits per heavy atom. The quantitative estimate of drug-likeness (QED) is 0.586. The van der Waals surface area contributed by atoms with Crippen LogP contribution < -0.4 is 10.4 Å². The van der Waals surface area contributed by atoms with Crippen molar-refractivity contribution in [2.24, 2.45) is 0 Å². The Kier molecular flexibility index (Phi) is 4.03. The van der Waals surface area contributed by atoms with E-state index < -0.39 is 9.52 Å². The van der Waals surface area contributed by atoms with Crippen molar-refractivity contribution in [1.29, 1.82) is 0 Å². The van der Waals surface area contributed by atoms with Crippen LogP contribution in [0, 0.1) is 13.8 Å². The Morgan fingerprint density at radius 3 is 2.53 bits per heavy atom. The zero-order valence-electron chi connectivity index (χ0n) is 10.3. The minimum Gasteiger partial charge on any atom is -0.122 e. The van der Waals surface area contributed by atoms with Gasteiger partial charge in [0.2, 0.25) is 0 Å². The molecule has 0 aliphatic rings. The maximum atomic E-state index is 5.99. The first-order valence-electron chi connectivity index (χ1n) is 5.89. The second-order valence-corrected chi connectivity index (χ2v) is 6.65. The molecular weight excluding hydrogens is 244 g/mol. The molecule has 0 spiro atoms. The fourth-order valence-corrected chi connectivity index (χ4v) is 4.43. The van der Waals surface area contributed by atoms with Crippen LogP contribution in [0.4, 0.5) is 0 Å². The van der Waals surface area contributed by atoms with Crippen molar-refractivity contribution in [3.8, 4) is 0 Å². The van der Waals surface area contributed by atoms with E-state index in [0.717, 1.165) is 0 Å². The normalized spacial score (nSPS) is 11.2. The lowest BCUT2D eigenvalue weighted by Crippen LogP contribution is -2.31. The van der Waals surface area contributed by atoms with Gasteiger partial charge < -0.3 is 0 Å². The van der Waals surface area contributed by atoms with Gasteiger partial charge in [-0.2, -0.15) is 0 Å². The van der Waals surface area contributed by atoms with Crippen LogP contribution in [0.3, 0.4) is 0 Å². The van der Waals surface area contributed by atoms with Crippen molar-refractivity contribution in [1.82, 2.24) is 0 Å². The lowest BCUT2D eigenvalue weighted by atomic mass is 10.2. The summed E-state index contributed by atoms with van der Waals surface area (Å²) in [7, 11) is -0.409. The molecule has 0 aliphatic heterocycles. The molecule has 0 saturated heterocycles. The van der Waals surface area contributed by atoms with Crippen molar-refractivity contribution in [2.75, 3.05) is 0 Å². The lowest BCUT2D eigenvalue weighted by Gasteiger charge is -2.09. The summed E-state index contributed by atoms with van der Waals surface area (Å²) in [6.45, 7) is 4.36. The molecule has 0 amide bonds. The smallest absolute Gasteiger partial charge is 0.0882 e. The van der Waals surface area contributed by atoms with E-state index >= 15 is 0 Å².